The second-order valence-corrected chi connectivity index (χ2v) is 8.94. The van der Waals surface area contributed by atoms with Gasteiger partial charge < -0.3 is 4.90 Å². The number of nitrogens with zero attached hydrogens (tertiary/aromatic N) is 1. The van der Waals surface area contributed by atoms with Crippen molar-refractivity contribution in [2.75, 3.05) is 22.4 Å². The fraction of sp³-hybridized carbons (Fsp3) is 0.652. The van der Waals surface area contributed by atoms with Crippen LogP contribution in [0, 0.1) is 17.6 Å². The zero-order chi connectivity index (χ0) is 19.1. The molecule has 1 aliphatic carbocycles. The number of halogens is 3. The van der Waals surface area contributed by atoms with Gasteiger partial charge in [-0.3, -0.25) is 0 Å². The van der Waals surface area contributed by atoms with Crippen molar-refractivity contribution < 1.29 is 8.78 Å². The van der Waals surface area contributed by atoms with Crippen LogP contribution in [0.2, 0.25) is 0 Å². The molecule has 150 valence electrons. The Morgan fingerprint density at radius 1 is 1.00 bits per heavy atom. The number of benzene rings is 1. The Kier molecular flexibility index (Phi) is 8.41. The van der Waals surface area contributed by atoms with E-state index in [-0.39, 0.29) is 5.69 Å². The molecule has 0 aromatic heterocycles. The lowest BCUT2D eigenvalue weighted by Crippen LogP contribution is -2.26. The van der Waals surface area contributed by atoms with Gasteiger partial charge in [0.05, 0.1) is 0 Å². The minimum Gasteiger partial charge on any atom is -0.366 e. The third kappa shape index (κ3) is 6.16. The van der Waals surface area contributed by atoms with Gasteiger partial charge in [0.15, 0.2) is 0 Å². The smallest absolute Gasteiger partial charge is 0.149 e. The summed E-state index contributed by atoms with van der Waals surface area (Å²) >= 11 is 2.36. The Hall–Kier alpha value is -0.650. The molecule has 4 heteroatoms. The third-order valence-corrected chi connectivity index (χ3v) is 7.13. The van der Waals surface area contributed by atoms with E-state index >= 15 is 0 Å². The number of anilines is 1. The van der Waals surface area contributed by atoms with Crippen LogP contribution < -0.4 is 4.90 Å². The summed E-state index contributed by atoms with van der Waals surface area (Å²) in [6.07, 6.45) is 15.2. The van der Waals surface area contributed by atoms with E-state index < -0.39 is 11.6 Å². The van der Waals surface area contributed by atoms with Crippen LogP contribution in [0.4, 0.5) is 14.5 Å². The Bertz CT molecular complexity index is 614. The quantitative estimate of drug-likeness (QED) is 0.170. The molecule has 1 fully saturated rings. The largest absolute Gasteiger partial charge is 0.366 e. The lowest BCUT2D eigenvalue weighted by atomic mass is 9.85. The summed E-state index contributed by atoms with van der Waals surface area (Å²) in [4.78, 5) is 1.88. The molecule has 1 saturated carbocycles. The van der Waals surface area contributed by atoms with Crippen molar-refractivity contribution in [3.63, 3.8) is 0 Å². The predicted octanol–water partition coefficient (Wildman–Crippen LogP) is 7.22. The fourth-order valence-electron chi connectivity index (χ4n) is 4.56. The molecule has 2 aliphatic rings. The summed E-state index contributed by atoms with van der Waals surface area (Å²) in [5, 5.41) is 0. The van der Waals surface area contributed by atoms with Crippen LogP contribution in [0.3, 0.4) is 0 Å². The van der Waals surface area contributed by atoms with Crippen molar-refractivity contribution in [1.82, 2.24) is 0 Å². The summed E-state index contributed by atoms with van der Waals surface area (Å²) in [6.45, 7) is 1.39. The van der Waals surface area contributed by atoms with E-state index in [1.54, 1.807) is 12.1 Å². The highest BCUT2D eigenvalue weighted by atomic mass is 127. The predicted molar refractivity (Wildman–Crippen MR) is 119 cm³/mol. The average Bonchev–Trinajstić information content (AvgIpc) is 2.91. The molecule has 0 N–H and O–H groups in total. The average molecular weight is 487 g/mol. The highest BCUT2D eigenvalue weighted by Gasteiger charge is 2.20. The lowest BCUT2D eigenvalue weighted by Gasteiger charge is -2.24. The van der Waals surface area contributed by atoms with Crippen LogP contribution in [0.5, 0.6) is 0 Å². The first-order chi connectivity index (χ1) is 13.2. The fourth-order valence-corrected chi connectivity index (χ4v) is 5.26. The summed E-state index contributed by atoms with van der Waals surface area (Å²) in [5.74, 6) is 0.101. The van der Waals surface area contributed by atoms with Gasteiger partial charge in [0.1, 0.15) is 17.3 Å². The number of hydrogen-bond donors (Lipinski definition) is 0. The van der Waals surface area contributed by atoms with E-state index in [4.69, 9.17) is 0 Å². The maximum atomic E-state index is 14.7. The zero-order valence-electron chi connectivity index (χ0n) is 16.3. The van der Waals surface area contributed by atoms with E-state index in [0.29, 0.717) is 13.1 Å². The molecule has 3 rings (SSSR count). The molecule has 1 heterocycles. The van der Waals surface area contributed by atoms with Crippen LogP contribution in [0.1, 0.15) is 69.8 Å². The van der Waals surface area contributed by atoms with Crippen molar-refractivity contribution in [3.05, 3.63) is 41.0 Å². The summed E-state index contributed by atoms with van der Waals surface area (Å²) in [7, 11) is 0. The second kappa shape index (κ2) is 10.8. The van der Waals surface area contributed by atoms with Gasteiger partial charge in [0.25, 0.3) is 0 Å². The molecule has 27 heavy (non-hydrogen) atoms. The number of aryl methyl sites for hydroxylation is 1. The van der Waals surface area contributed by atoms with Crippen LogP contribution in [0.15, 0.2) is 23.8 Å². The van der Waals surface area contributed by atoms with Gasteiger partial charge in [-0.1, -0.05) is 79.2 Å². The maximum absolute atomic E-state index is 14.7. The van der Waals surface area contributed by atoms with Crippen molar-refractivity contribution in [3.8, 4) is 0 Å². The minimum atomic E-state index is -0.393. The van der Waals surface area contributed by atoms with Gasteiger partial charge in [0, 0.05) is 17.5 Å². The van der Waals surface area contributed by atoms with Crippen LogP contribution in [-0.2, 0) is 6.42 Å². The van der Waals surface area contributed by atoms with Crippen molar-refractivity contribution in [2.24, 2.45) is 5.92 Å². The Morgan fingerprint density at radius 3 is 2.44 bits per heavy atom. The molecule has 0 atom stereocenters. The summed E-state index contributed by atoms with van der Waals surface area (Å²) < 4.78 is 30.4. The first-order valence-electron chi connectivity index (χ1n) is 10.6. The van der Waals surface area contributed by atoms with E-state index in [1.165, 1.54) is 50.5 Å². The van der Waals surface area contributed by atoms with Gasteiger partial charge in [-0.15, -0.1) is 0 Å². The monoisotopic (exact) mass is 487 g/mol. The van der Waals surface area contributed by atoms with Gasteiger partial charge in [-0.25, -0.2) is 8.78 Å². The second-order valence-electron chi connectivity index (χ2n) is 8.18. The van der Waals surface area contributed by atoms with E-state index in [9.17, 15) is 8.78 Å². The Labute approximate surface area is 176 Å². The molecule has 0 unspecified atom stereocenters. The number of unbranched alkanes of at least 4 members (excludes halogenated alkanes) is 1. The normalized spacial score (nSPS) is 19.1. The van der Waals surface area contributed by atoms with E-state index in [2.05, 4.69) is 28.7 Å². The van der Waals surface area contributed by atoms with Crippen LogP contribution in [-0.4, -0.2) is 17.5 Å². The number of rotatable bonds is 7. The molecule has 0 amide bonds. The van der Waals surface area contributed by atoms with Crippen molar-refractivity contribution >= 4 is 28.3 Å². The Balaban J connectivity index is 1.53. The zero-order valence-corrected chi connectivity index (χ0v) is 18.4. The van der Waals surface area contributed by atoms with Gasteiger partial charge >= 0.3 is 0 Å². The first kappa shape index (κ1) is 21.1. The molecule has 1 nitrogen and oxygen atoms in total. The summed E-state index contributed by atoms with van der Waals surface area (Å²) in [5.41, 5.74) is 2.36. The molecule has 1 aromatic carbocycles. The van der Waals surface area contributed by atoms with Gasteiger partial charge in [-0.2, -0.15) is 0 Å². The van der Waals surface area contributed by atoms with Gasteiger partial charge in [0.2, 0.25) is 0 Å². The van der Waals surface area contributed by atoms with Crippen molar-refractivity contribution in [1.29, 1.82) is 0 Å². The Morgan fingerprint density at radius 2 is 1.74 bits per heavy atom. The molecule has 0 spiro atoms. The lowest BCUT2D eigenvalue weighted by molar-refractivity contribution is 0.330. The molecule has 0 saturated heterocycles. The SMILES string of the molecule is Fc1cc(CCCCC2CCCCC2)cc(F)c1N1CCC=C(CI)CC1. The van der Waals surface area contributed by atoms with Crippen LogP contribution in [0.25, 0.3) is 0 Å². The molecule has 0 radical (unpaired) electrons. The molecular formula is C23H32F2IN. The maximum Gasteiger partial charge on any atom is 0.149 e. The number of alkyl halides is 1. The molecule has 1 aliphatic heterocycles. The minimum absolute atomic E-state index is 0.170. The van der Waals surface area contributed by atoms with E-state index in [1.807, 2.05) is 4.90 Å². The molecule has 1 aromatic rings. The van der Waals surface area contributed by atoms with E-state index in [0.717, 1.165) is 41.6 Å². The van der Waals surface area contributed by atoms with Crippen molar-refractivity contribution in [2.45, 2.75) is 70.6 Å². The molecule has 0 bridgehead atoms. The highest BCUT2D eigenvalue weighted by molar-refractivity contribution is 14.1. The standard InChI is InChI=1S/C23H32F2IN/c24-21-15-20(10-5-4-9-18-7-2-1-3-8-18)16-22(25)23(21)27-13-6-11-19(17-26)12-14-27/h11,15-16,18H,1-10,12-14,17H2. The highest BCUT2D eigenvalue weighted by Crippen LogP contribution is 2.30. The first-order valence-corrected chi connectivity index (χ1v) is 12.2. The number of hydrogen-bond acceptors (Lipinski definition) is 1. The van der Waals surface area contributed by atoms with Crippen LogP contribution >= 0.6 is 22.6 Å². The topological polar surface area (TPSA) is 3.24 Å². The third-order valence-electron chi connectivity index (χ3n) is 6.15. The van der Waals surface area contributed by atoms with Gasteiger partial charge in [-0.05, 0) is 49.3 Å². The molecular weight excluding hydrogens is 455 g/mol. The summed E-state index contributed by atoms with van der Waals surface area (Å²) in [6, 6.07) is 3.13.